The molecule has 0 aliphatic heterocycles. The molecular formula is C32H46O8. The van der Waals surface area contributed by atoms with Crippen LogP contribution in [0.5, 0.6) is 0 Å². The van der Waals surface area contributed by atoms with Crippen LogP contribution in [-0.4, -0.2) is 62.0 Å². The van der Waals surface area contributed by atoms with Crippen LogP contribution in [0.4, 0.5) is 0 Å². The van der Waals surface area contributed by atoms with Gasteiger partial charge in [0, 0.05) is 36.5 Å². The first-order valence-corrected chi connectivity index (χ1v) is 14.4. The Hall–Kier alpha value is -2.16. The van der Waals surface area contributed by atoms with E-state index in [-0.39, 0.29) is 36.2 Å². The lowest BCUT2D eigenvalue weighted by atomic mass is 9.38. The highest BCUT2D eigenvalue weighted by atomic mass is 16.6. The minimum absolute atomic E-state index is 0.0399. The van der Waals surface area contributed by atoms with E-state index in [9.17, 15) is 34.5 Å². The molecule has 222 valence electrons. The van der Waals surface area contributed by atoms with Crippen LogP contribution in [0.2, 0.25) is 0 Å². The van der Waals surface area contributed by atoms with Crippen molar-refractivity contribution in [3.63, 3.8) is 0 Å². The van der Waals surface area contributed by atoms with Crippen molar-refractivity contribution in [2.75, 3.05) is 0 Å². The SMILES string of the molecule is CC(=O)OC(C)(C)/C=C/C(=O)[C@](C)(O)[C@H]1[C@H](O)C[C@@]2(C)[C@@H]3CC=C4[C@@H](CC(=O)[C@@H](O)C4(C)C)[C@]3(C)C(=O)C[C@]12C. The number of carbonyl (C=O) groups excluding carboxylic acids is 4. The molecule has 0 heterocycles. The highest BCUT2D eigenvalue weighted by Gasteiger charge is 2.74. The van der Waals surface area contributed by atoms with Crippen LogP contribution >= 0.6 is 0 Å². The van der Waals surface area contributed by atoms with Gasteiger partial charge in [0.2, 0.25) is 0 Å². The molecule has 4 aliphatic rings. The van der Waals surface area contributed by atoms with E-state index in [1.807, 2.05) is 27.7 Å². The minimum atomic E-state index is -1.99. The van der Waals surface area contributed by atoms with Crippen LogP contribution in [0.3, 0.4) is 0 Å². The number of allylic oxidation sites excluding steroid dienone is 1. The molecule has 9 atom stereocenters. The normalized spacial score (nSPS) is 42.4. The van der Waals surface area contributed by atoms with E-state index in [0.717, 1.165) is 5.57 Å². The van der Waals surface area contributed by atoms with Crippen molar-refractivity contribution in [1.29, 1.82) is 0 Å². The van der Waals surface area contributed by atoms with Gasteiger partial charge < -0.3 is 20.1 Å². The summed E-state index contributed by atoms with van der Waals surface area (Å²) in [7, 11) is 0. The molecule has 0 radical (unpaired) electrons. The topological polar surface area (TPSA) is 138 Å². The van der Waals surface area contributed by atoms with Gasteiger partial charge in [-0.1, -0.05) is 46.3 Å². The second-order valence-electron chi connectivity index (χ2n) is 14.8. The molecule has 0 spiro atoms. The molecule has 4 aliphatic carbocycles. The quantitative estimate of drug-likeness (QED) is 0.265. The average Bonchev–Trinajstić information content (AvgIpc) is 3.01. The summed E-state index contributed by atoms with van der Waals surface area (Å²) in [5.74, 6) is -2.96. The monoisotopic (exact) mass is 558 g/mol. The number of ketones is 3. The van der Waals surface area contributed by atoms with Crippen molar-refractivity contribution in [2.24, 2.45) is 39.4 Å². The zero-order chi connectivity index (χ0) is 30.4. The number of rotatable bonds is 5. The summed E-state index contributed by atoms with van der Waals surface area (Å²) in [5, 5.41) is 33.9. The number of hydrogen-bond acceptors (Lipinski definition) is 8. The van der Waals surface area contributed by atoms with E-state index in [2.05, 4.69) is 13.0 Å². The molecule has 3 saturated carbocycles. The predicted molar refractivity (Wildman–Crippen MR) is 148 cm³/mol. The molecule has 0 amide bonds. The zero-order valence-corrected chi connectivity index (χ0v) is 25.3. The van der Waals surface area contributed by atoms with Gasteiger partial charge in [0.1, 0.15) is 23.1 Å². The molecule has 4 rings (SSSR count). The first kappa shape index (κ1) is 30.8. The van der Waals surface area contributed by atoms with Crippen molar-refractivity contribution < 1.29 is 39.2 Å². The molecule has 0 aromatic carbocycles. The Kier molecular flexibility index (Phi) is 7.06. The van der Waals surface area contributed by atoms with Crippen molar-refractivity contribution in [3.05, 3.63) is 23.8 Å². The van der Waals surface area contributed by atoms with Crippen LogP contribution in [-0.2, 0) is 23.9 Å². The third-order valence-corrected chi connectivity index (χ3v) is 11.6. The van der Waals surface area contributed by atoms with Gasteiger partial charge in [-0.15, -0.1) is 0 Å². The third kappa shape index (κ3) is 4.11. The van der Waals surface area contributed by atoms with Gasteiger partial charge in [-0.25, -0.2) is 0 Å². The Bertz CT molecular complexity index is 1210. The van der Waals surface area contributed by atoms with Crippen molar-refractivity contribution in [3.8, 4) is 0 Å². The Labute approximate surface area is 237 Å². The predicted octanol–water partition coefficient (Wildman–Crippen LogP) is 3.50. The van der Waals surface area contributed by atoms with Crippen LogP contribution in [0.15, 0.2) is 23.8 Å². The number of fused-ring (bicyclic) bond motifs is 5. The molecular weight excluding hydrogens is 512 g/mol. The molecule has 40 heavy (non-hydrogen) atoms. The van der Waals surface area contributed by atoms with E-state index in [1.54, 1.807) is 13.8 Å². The van der Waals surface area contributed by atoms with Crippen molar-refractivity contribution in [2.45, 2.75) is 111 Å². The molecule has 8 heteroatoms. The van der Waals surface area contributed by atoms with Gasteiger partial charge in [0.05, 0.1) is 6.10 Å². The van der Waals surface area contributed by atoms with E-state index in [1.165, 1.54) is 26.0 Å². The van der Waals surface area contributed by atoms with Gasteiger partial charge in [-0.2, -0.15) is 0 Å². The number of Topliss-reactive ketones (excluding diaryl/α,β-unsaturated/α-hetero) is 2. The van der Waals surface area contributed by atoms with Gasteiger partial charge in [-0.3, -0.25) is 19.2 Å². The lowest BCUT2D eigenvalue weighted by molar-refractivity contribution is -0.183. The lowest BCUT2D eigenvalue weighted by Crippen LogP contribution is -2.65. The largest absolute Gasteiger partial charge is 0.456 e. The van der Waals surface area contributed by atoms with Crippen LogP contribution < -0.4 is 0 Å². The second-order valence-corrected chi connectivity index (χ2v) is 14.8. The highest BCUT2D eigenvalue weighted by molar-refractivity contribution is 5.97. The molecule has 0 saturated heterocycles. The summed E-state index contributed by atoms with van der Waals surface area (Å²) in [6, 6.07) is 0. The molecule has 0 unspecified atom stereocenters. The van der Waals surface area contributed by atoms with Crippen LogP contribution in [0.25, 0.3) is 0 Å². The summed E-state index contributed by atoms with van der Waals surface area (Å²) in [6.45, 7) is 15.5. The van der Waals surface area contributed by atoms with Crippen molar-refractivity contribution in [1.82, 2.24) is 0 Å². The maximum absolute atomic E-state index is 14.3. The average molecular weight is 559 g/mol. The van der Waals surface area contributed by atoms with Gasteiger partial charge in [-0.05, 0) is 68.4 Å². The van der Waals surface area contributed by atoms with Crippen molar-refractivity contribution >= 4 is 23.3 Å². The minimum Gasteiger partial charge on any atom is -0.456 e. The van der Waals surface area contributed by atoms with Crippen LogP contribution in [0, 0.1) is 39.4 Å². The van der Waals surface area contributed by atoms with E-state index < -0.39 is 62.7 Å². The first-order valence-electron chi connectivity index (χ1n) is 14.4. The summed E-state index contributed by atoms with van der Waals surface area (Å²) in [6.07, 6.45) is 3.50. The van der Waals surface area contributed by atoms with Crippen LogP contribution in [0.1, 0.15) is 88.0 Å². The Balaban J connectivity index is 1.75. The Morgan fingerprint density at radius 1 is 1.05 bits per heavy atom. The molecule has 8 nitrogen and oxygen atoms in total. The van der Waals surface area contributed by atoms with E-state index in [0.29, 0.717) is 12.8 Å². The standard InChI is InChI=1S/C32H46O8/c1-17(33)40-27(2,3)13-12-23(36)32(9,39)25-21(35)15-29(6)22-11-10-18-19(14-20(34)26(38)28(18,4)5)31(22,8)24(37)16-30(25,29)7/h10,12-13,19,21-22,25-26,35,38-39H,11,14-16H2,1-9H3/b13-12+/t19-,21-,22+,25+,26-,29+,30-,31+,32+/m1/s1. The summed E-state index contributed by atoms with van der Waals surface area (Å²) < 4.78 is 5.23. The van der Waals surface area contributed by atoms with E-state index >= 15 is 0 Å². The maximum atomic E-state index is 14.3. The molecule has 0 bridgehead atoms. The number of aliphatic hydroxyl groups excluding tert-OH is 2. The zero-order valence-electron chi connectivity index (χ0n) is 25.3. The van der Waals surface area contributed by atoms with Gasteiger partial charge >= 0.3 is 5.97 Å². The Morgan fingerprint density at radius 2 is 1.65 bits per heavy atom. The maximum Gasteiger partial charge on any atom is 0.303 e. The highest BCUT2D eigenvalue weighted by Crippen LogP contribution is 2.74. The summed E-state index contributed by atoms with van der Waals surface area (Å²) in [4.78, 5) is 52.1. The number of carbonyl (C=O) groups is 4. The smallest absolute Gasteiger partial charge is 0.303 e. The summed E-state index contributed by atoms with van der Waals surface area (Å²) in [5.41, 5.74) is -5.33. The van der Waals surface area contributed by atoms with E-state index in [4.69, 9.17) is 4.74 Å². The number of aliphatic hydroxyl groups is 3. The number of ether oxygens (including phenoxy) is 1. The third-order valence-electron chi connectivity index (χ3n) is 11.6. The molecule has 3 N–H and O–H groups in total. The fraction of sp³-hybridized carbons (Fsp3) is 0.750. The lowest BCUT2D eigenvalue weighted by Gasteiger charge is -2.64. The second kappa shape index (κ2) is 9.17. The Morgan fingerprint density at radius 3 is 2.23 bits per heavy atom. The number of hydrogen-bond donors (Lipinski definition) is 3. The first-order chi connectivity index (χ1) is 18.1. The molecule has 0 aromatic heterocycles. The fourth-order valence-electron chi connectivity index (χ4n) is 9.35. The van der Waals surface area contributed by atoms with Gasteiger partial charge in [0.25, 0.3) is 0 Å². The van der Waals surface area contributed by atoms with Gasteiger partial charge in [0.15, 0.2) is 11.6 Å². The summed E-state index contributed by atoms with van der Waals surface area (Å²) >= 11 is 0. The molecule has 0 aromatic rings. The number of esters is 1. The fourth-order valence-corrected chi connectivity index (χ4v) is 9.35. The molecule has 3 fully saturated rings.